The molecule has 0 aliphatic heterocycles. The van der Waals surface area contributed by atoms with Crippen LogP contribution in [0.1, 0.15) is 34.2 Å². The van der Waals surface area contributed by atoms with Crippen molar-refractivity contribution in [2.75, 3.05) is 0 Å². The maximum absolute atomic E-state index is 5.37. The van der Waals surface area contributed by atoms with Crippen molar-refractivity contribution in [2.45, 2.75) is 19.9 Å². The van der Waals surface area contributed by atoms with Crippen LogP contribution in [0.5, 0.6) is 0 Å². The van der Waals surface area contributed by atoms with Crippen molar-refractivity contribution in [1.82, 2.24) is 5.16 Å². The summed E-state index contributed by atoms with van der Waals surface area (Å²) in [6.45, 7) is 3.91. The monoisotopic (exact) mass is 366 g/mol. The zero-order valence-electron chi connectivity index (χ0n) is 16.0. The topological polar surface area (TPSA) is 38.4 Å². The number of aliphatic imine (C=N–C) groups is 1. The van der Waals surface area contributed by atoms with Gasteiger partial charge in [0.1, 0.15) is 5.76 Å². The van der Waals surface area contributed by atoms with Gasteiger partial charge in [-0.15, -0.1) is 0 Å². The second-order valence-electron chi connectivity index (χ2n) is 6.79. The minimum atomic E-state index is -0.0554. The largest absolute Gasteiger partial charge is 0.361 e. The van der Waals surface area contributed by atoms with Crippen LogP contribution in [-0.2, 0) is 0 Å². The van der Waals surface area contributed by atoms with Crippen molar-refractivity contribution in [2.24, 2.45) is 4.99 Å². The van der Waals surface area contributed by atoms with Crippen molar-refractivity contribution in [3.05, 3.63) is 113 Å². The smallest absolute Gasteiger partial charge is 0.141 e. The first-order valence-electron chi connectivity index (χ1n) is 9.39. The molecule has 4 aromatic rings. The van der Waals surface area contributed by atoms with E-state index in [0.717, 1.165) is 28.1 Å². The molecule has 0 bridgehead atoms. The van der Waals surface area contributed by atoms with Gasteiger partial charge in [-0.25, -0.2) is 0 Å². The summed E-state index contributed by atoms with van der Waals surface area (Å²) in [5.41, 5.74) is 6.40. The quantitative estimate of drug-likeness (QED) is 0.396. The van der Waals surface area contributed by atoms with Gasteiger partial charge in [0.2, 0.25) is 0 Å². The summed E-state index contributed by atoms with van der Waals surface area (Å²) in [6.07, 6.45) is 1.96. The van der Waals surface area contributed by atoms with E-state index in [1.54, 1.807) is 0 Å². The molecule has 28 heavy (non-hydrogen) atoms. The van der Waals surface area contributed by atoms with Crippen LogP contribution < -0.4 is 0 Å². The van der Waals surface area contributed by atoms with Crippen LogP contribution in [0.15, 0.2) is 94.4 Å². The van der Waals surface area contributed by atoms with Crippen molar-refractivity contribution in [3.63, 3.8) is 0 Å². The normalized spacial score (nSPS) is 11.4. The van der Waals surface area contributed by atoms with E-state index < -0.39 is 0 Å². The highest BCUT2D eigenvalue weighted by molar-refractivity contribution is 5.91. The summed E-state index contributed by atoms with van der Waals surface area (Å²) >= 11 is 0. The van der Waals surface area contributed by atoms with Crippen LogP contribution >= 0.6 is 0 Å². The molecular formula is C25H22N2O. The SMILES string of the molecule is Cc1noc(C)c1-c1ccccc1/C=N\C(c1ccccc1)c1ccccc1. The van der Waals surface area contributed by atoms with Crippen LogP contribution in [0.4, 0.5) is 0 Å². The minimum Gasteiger partial charge on any atom is -0.361 e. The Balaban J connectivity index is 1.77. The van der Waals surface area contributed by atoms with Crippen LogP contribution in [0.2, 0.25) is 0 Å². The Morgan fingerprint density at radius 3 is 1.93 bits per heavy atom. The third kappa shape index (κ3) is 3.65. The third-order valence-electron chi connectivity index (χ3n) is 4.86. The molecule has 0 atom stereocenters. The molecule has 0 spiro atoms. The van der Waals surface area contributed by atoms with Gasteiger partial charge < -0.3 is 4.52 Å². The Bertz CT molecular complexity index is 1020. The average Bonchev–Trinajstić information content (AvgIpc) is 3.08. The fourth-order valence-corrected chi connectivity index (χ4v) is 3.49. The summed E-state index contributed by atoms with van der Waals surface area (Å²) in [6, 6.07) is 28.9. The van der Waals surface area contributed by atoms with Crippen LogP contribution in [0.25, 0.3) is 11.1 Å². The average molecular weight is 366 g/mol. The van der Waals surface area contributed by atoms with Gasteiger partial charge >= 0.3 is 0 Å². The lowest BCUT2D eigenvalue weighted by Crippen LogP contribution is -1.99. The Labute approximate surface area is 165 Å². The lowest BCUT2D eigenvalue weighted by Gasteiger charge is -2.14. The first kappa shape index (κ1) is 17.9. The van der Waals surface area contributed by atoms with Gasteiger partial charge in [-0.3, -0.25) is 4.99 Å². The Kier molecular flexibility index (Phi) is 5.16. The second-order valence-corrected chi connectivity index (χ2v) is 6.79. The number of hydrogen-bond acceptors (Lipinski definition) is 3. The molecule has 0 amide bonds. The molecule has 138 valence electrons. The molecule has 0 saturated heterocycles. The highest BCUT2D eigenvalue weighted by Gasteiger charge is 2.15. The third-order valence-corrected chi connectivity index (χ3v) is 4.86. The van der Waals surface area contributed by atoms with Gasteiger partial charge in [-0.2, -0.15) is 0 Å². The first-order valence-corrected chi connectivity index (χ1v) is 9.39. The second kappa shape index (κ2) is 8.05. The van der Waals surface area contributed by atoms with Crippen LogP contribution in [0.3, 0.4) is 0 Å². The fraction of sp³-hybridized carbons (Fsp3) is 0.120. The number of rotatable bonds is 5. The molecule has 3 nitrogen and oxygen atoms in total. The van der Waals surface area contributed by atoms with Gasteiger partial charge in [0.25, 0.3) is 0 Å². The van der Waals surface area contributed by atoms with E-state index in [2.05, 4.69) is 65.8 Å². The van der Waals surface area contributed by atoms with Crippen molar-refractivity contribution in [3.8, 4) is 11.1 Å². The molecular weight excluding hydrogens is 344 g/mol. The molecule has 0 aliphatic rings. The summed E-state index contributed by atoms with van der Waals surface area (Å²) in [5, 5.41) is 4.10. The summed E-state index contributed by atoms with van der Waals surface area (Å²) < 4.78 is 5.37. The highest BCUT2D eigenvalue weighted by atomic mass is 16.5. The van der Waals surface area contributed by atoms with Crippen LogP contribution in [-0.4, -0.2) is 11.4 Å². The Morgan fingerprint density at radius 1 is 0.786 bits per heavy atom. The molecule has 1 aromatic heterocycles. The Hall–Kier alpha value is -3.46. The standard InChI is InChI=1S/C25H22N2O/c1-18-24(19(2)28-27-18)23-16-10-9-15-22(23)17-26-25(20-11-5-3-6-12-20)21-13-7-4-8-14-21/h3-17,25H,1-2H3/b26-17-. The predicted octanol–water partition coefficient (Wildman–Crippen LogP) is 6.17. The van der Waals surface area contributed by atoms with Crippen molar-refractivity contribution >= 4 is 6.21 Å². The lowest BCUT2D eigenvalue weighted by atomic mass is 9.97. The number of nitrogens with zero attached hydrogens (tertiary/aromatic N) is 2. The first-order chi connectivity index (χ1) is 13.7. The molecule has 0 unspecified atom stereocenters. The molecule has 0 aliphatic carbocycles. The Morgan fingerprint density at radius 2 is 1.36 bits per heavy atom. The molecule has 0 radical (unpaired) electrons. The molecule has 4 rings (SSSR count). The van der Waals surface area contributed by atoms with Gasteiger partial charge in [0, 0.05) is 17.3 Å². The van der Waals surface area contributed by atoms with E-state index in [0.29, 0.717) is 0 Å². The number of aryl methyl sites for hydroxylation is 2. The lowest BCUT2D eigenvalue weighted by molar-refractivity contribution is 0.393. The predicted molar refractivity (Wildman–Crippen MR) is 114 cm³/mol. The highest BCUT2D eigenvalue weighted by Crippen LogP contribution is 2.30. The van der Waals surface area contributed by atoms with Gasteiger partial charge in [0.05, 0.1) is 11.7 Å². The van der Waals surface area contributed by atoms with Crippen LogP contribution in [0, 0.1) is 13.8 Å². The zero-order valence-corrected chi connectivity index (χ0v) is 16.0. The van der Waals surface area contributed by atoms with E-state index >= 15 is 0 Å². The fourth-order valence-electron chi connectivity index (χ4n) is 3.49. The molecule has 1 heterocycles. The van der Waals surface area contributed by atoms with Crippen molar-refractivity contribution < 1.29 is 4.52 Å². The number of benzene rings is 3. The number of hydrogen-bond donors (Lipinski definition) is 0. The van der Waals surface area contributed by atoms with Gasteiger partial charge in [0.15, 0.2) is 0 Å². The van der Waals surface area contributed by atoms with Crippen molar-refractivity contribution in [1.29, 1.82) is 0 Å². The molecule has 3 aromatic carbocycles. The van der Waals surface area contributed by atoms with E-state index in [1.165, 1.54) is 11.1 Å². The minimum absolute atomic E-state index is 0.0554. The van der Waals surface area contributed by atoms with E-state index in [4.69, 9.17) is 9.52 Å². The summed E-state index contributed by atoms with van der Waals surface area (Å²) in [7, 11) is 0. The van der Waals surface area contributed by atoms with Gasteiger partial charge in [-0.1, -0.05) is 90.1 Å². The summed E-state index contributed by atoms with van der Waals surface area (Å²) in [5.74, 6) is 0.820. The zero-order chi connectivity index (χ0) is 19.3. The molecule has 0 fully saturated rings. The maximum atomic E-state index is 5.37. The van der Waals surface area contributed by atoms with E-state index in [9.17, 15) is 0 Å². The van der Waals surface area contributed by atoms with E-state index in [1.807, 2.05) is 44.3 Å². The number of aromatic nitrogens is 1. The summed E-state index contributed by atoms with van der Waals surface area (Å²) in [4.78, 5) is 4.99. The van der Waals surface area contributed by atoms with E-state index in [-0.39, 0.29) is 6.04 Å². The molecule has 0 saturated carbocycles. The molecule has 3 heteroatoms. The maximum Gasteiger partial charge on any atom is 0.141 e. The van der Waals surface area contributed by atoms with Gasteiger partial charge in [-0.05, 0) is 30.5 Å². The molecule has 0 N–H and O–H groups in total.